The summed E-state index contributed by atoms with van der Waals surface area (Å²) in [5.74, 6) is -0.685. The van der Waals surface area contributed by atoms with Gasteiger partial charge in [0.25, 0.3) is 5.91 Å². The van der Waals surface area contributed by atoms with Crippen molar-refractivity contribution in [2.75, 3.05) is 13.2 Å². The summed E-state index contributed by atoms with van der Waals surface area (Å²) >= 11 is 3.23. The van der Waals surface area contributed by atoms with Crippen LogP contribution >= 0.6 is 15.9 Å². The molecule has 1 N–H and O–H groups in total. The van der Waals surface area contributed by atoms with Crippen LogP contribution < -0.4 is 5.32 Å². The number of carbonyl (C=O) groups is 1. The minimum absolute atomic E-state index is 0.234. The molecule has 1 aromatic carbocycles. The molecule has 0 bridgehead atoms. The number of rotatable bonds is 7. The Morgan fingerprint density at radius 3 is 2.84 bits per heavy atom. The van der Waals surface area contributed by atoms with Gasteiger partial charge < -0.3 is 10.1 Å². The monoisotopic (exact) mass is 331 g/mol. The minimum Gasteiger partial charge on any atom is -0.379 e. The fourth-order valence-electron chi connectivity index (χ4n) is 1.51. The van der Waals surface area contributed by atoms with Crippen molar-refractivity contribution in [3.8, 4) is 0 Å². The Morgan fingerprint density at radius 1 is 1.42 bits per heavy atom. The number of halogens is 2. The molecule has 1 amide bonds. The first-order valence-corrected chi connectivity index (χ1v) is 7.15. The average molecular weight is 332 g/mol. The van der Waals surface area contributed by atoms with Crippen LogP contribution in [0.4, 0.5) is 4.39 Å². The fraction of sp³-hybridized carbons (Fsp3) is 0.500. The van der Waals surface area contributed by atoms with E-state index in [1.165, 1.54) is 18.2 Å². The average Bonchev–Trinajstić information content (AvgIpc) is 2.36. The number of unbranched alkanes of at least 4 members (excludes halogenated alkanes) is 1. The van der Waals surface area contributed by atoms with Gasteiger partial charge in [-0.25, -0.2) is 4.39 Å². The molecule has 3 nitrogen and oxygen atoms in total. The van der Waals surface area contributed by atoms with Gasteiger partial charge in [-0.15, -0.1) is 0 Å². The smallest absolute Gasteiger partial charge is 0.252 e. The van der Waals surface area contributed by atoms with Crippen LogP contribution in [-0.4, -0.2) is 25.2 Å². The van der Waals surface area contributed by atoms with Crippen LogP contribution in [0.3, 0.4) is 0 Å². The summed E-state index contributed by atoms with van der Waals surface area (Å²) in [6, 6.07) is 4.06. The quantitative estimate of drug-likeness (QED) is 0.776. The molecule has 0 aliphatic heterocycles. The van der Waals surface area contributed by atoms with E-state index in [0.29, 0.717) is 23.2 Å². The largest absolute Gasteiger partial charge is 0.379 e. The Kier molecular flexibility index (Phi) is 7.02. The lowest BCUT2D eigenvalue weighted by Crippen LogP contribution is -2.25. The Morgan fingerprint density at radius 2 is 2.16 bits per heavy atom. The van der Waals surface area contributed by atoms with E-state index in [9.17, 15) is 9.18 Å². The van der Waals surface area contributed by atoms with E-state index in [1.807, 2.05) is 13.8 Å². The lowest BCUT2D eigenvalue weighted by atomic mass is 10.2. The topological polar surface area (TPSA) is 38.3 Å². The first-order valence-electron chi connectivity index (χ1n) is 6.35. The number of hydrogen-bond acceptors (Lipinski definition) is 2. The second-order valence-corrected chi connectivity index (χ2v) is 5.36. The van der Waals surface area contributed by atoms with Crippen LogP contribution in [0.15, 0.2) is 22.7 Å². The Labute approximate surface area is 121 Å². The molecule has 0 saturated carbocycles. The van der Waals surface area contributed by atoms with Gasteiger partial charge >= 0.3 is 0 Å². The Hall–Kier alpha value is -0.940. The van der Waals surface area contributed by atoms with Gasteiger partial charge in [0.1, 0.15) is 5.82 Å². The summed E-state index contributed by atoms with van der Waals surface area (Å²) in [7, 11) is 0. The maximum absolute atomic E-state index is 13.1. The molecule has 0 aliphatic carbocycles. The number of carbonyl (C=O) groups excluding carboxylic acids is 1. The molecule has 1 aromatic rings. The molecule has 19 heavy (non-hydrogen) atoms. The third-order valence-corrected chi connectivity index (χ3v) is 3.17. The highest BCUT2D eigenvalue weighted by molar-refractivity contribution is 9.10. The molecule has 0 radical (unpaired) electrons. The van der Waals surface area contributed by atoms with E-state index in [-0.39, 0.29) is 12.0 Å². The molecule has 0 atom stereocenters. The lowest BCUT2D eigenvalue weighted by Gasteiger charge is -2.08. The number of hydrogen-bond donors (Lipinski definition) is 1. The Bertz CT molecular complexity index is 424. The molecule has 0 heterocycles. The molecule has 0 aliphatic rings. The van der Waals surface area contributed by atoms with Gasteiger partial charge in [0.05, 0.1) is 11.7 Å². The van der Waals surface area contributed by atoms with Crippen molar-refractivity contribution in [2.45, 2.75) is 32.8 Å². The first kappa shape index (κ1) is 16.1. The van der Waals surface area contributed by atoms with Crippen LogP contribution in [0.1, 0.15) is 37.0 Å². The van der Waals surface area contributed by atoms with Crippen molar-refractivity contribution < 1.29 is 13.9 Å². The molecule has 1 rings (SSSR count). The SMILES string of the molecule is CC(C)OCCCCNC(=O)c1cc(F)ccc1Br. The summed E-state index contributed by atoms with van der Waals surface area (Å²) < 4.78 is 19.0. The zero-order valence-electron chi connectivity index (χ0n) is 11.2. The van der Waals surface area contributed by atoms with Crippen LogP contribution in [-0.2, 0) is 4.74 Å². The highest BCUT2D eigenvalue weighted by atomic mass is 79.9. The van der Waals surface area contributed by atoms with E-state index in [4.69, 9.17) is 4.74 Å². The van der Waals surface area contributed by atoms with Gasteiger partial charge in [-0.05, 0) is 60.8 Å². The zero-order valence-corrected chi connectivity index (χ0v) is 12.8. The predicted octanol–water partition coefficient (Wildman–Crippen LogP) is 3.52. The molecule has 0 saturated heterocycles. The molecule has 0 unspecified atom stereocenters. The van der Waals surface area contributed by atoms with Crippen molar-refractivity contribution in [3.05, 3.63) is 34.1 Å². The second kappa shape index (κ2) is 8.27. The molecule has 0 spiro atoms. The zero-order chi connectivity index (χ0) is 14.3. The number of nitrogens with one attached hydrogen (secondary N) is 1. The predicted molar refractivity (Wildman–Crippen MR) is 76.8 cm³/mol. The van der Waals surface area contributed by atoms with Crippen molar-refractivity contribution in [2.24, 2.45) is 0 Å². The van der Waals surface area contributed by atoms with Crippen molar-refractivity contribution in [3.63, 3.8) is 0 Å². The summed E-state index contributed by atoms with van der Waals surface area (Å²) in [5.41, 5.74) is 0.318. The van der Waals surface area contributed by atoms with Crippen LogP contribution in [0, 0.1) is 5.82 Å². The van der Waals surface area contributed by atoms with Gasteiger partial charge in [-0.2, -0.15) is 0 Å². The maximum atomic E-state index is 13.1. The number of amides is 1. The molecule has 0 fully saturated rings. The normalized spacial score (nSPS) is 10.8. The minimum atomic E-state index is -0.418. The number of benzene rings is 1. The van der Waals surface area contributed by atoms with Crippen molar-refractivity contribution in [1.29, 1.82) is 0 Å². The van der Waals surface area contributed by atoms with Gasteiger partial charge in [-0.1, -0.05) is 0 Å². The summed E-state index contributed by atoms with van der Waals surface area (Å²) in [6.07, 6.45) is 1.96. The van der Waals surface area contributed by atoms with Gasteiger partial charge in [-0.3, -0.25) is 4.79 Å². The molecule has 5 heteroatoms. The van der Waals surface area contributed by atoms with E-state index in [0.717, 1.165) is 12.8 Å². The first-order chi connectivity index (χ1) is 9.00. The highest BCUT2D eigenvalue weighted by Gasteiger charge is 2.10. The van der Waals surface area contributed by atoms with Gasteiger partial charge in [0.15, 0.2) is 0 Å². The second-order valence-electron chi connectivity index (χ2n) is 4.51. The van der Waals surface area contributed by atoms with Gasteiger partial charge in [0.2, 0.25) is 0 Å². The molecule has 106 valence electrons. The summed E-state index contributed by atoms with van der Waals surface area (Å²) in [4.78, 5) is 11.8. The number of ether oxygens (including phenoxy) is 1. The van der Waals surface area contributed by atoms with Crippen molar-refractivity contribution >= 4 is 21.8 Å². The van der Waals surface area contributed by atoms with Crippen LogP contribution in [0.5, 0.6) is 0 Å². The molecular weight excluding hydrogens is 313 g/mol. The van der Waals surface area contributed by atoms with E-state index < -0.39 is 5.82 Å². The van der Waals surface area contributed by atoms with E-state index >= 15 is 0 Å². The molecule has 0 aromatic heterocycles. The standard InChI is InChI=1S/C14H19BrFNO2/c1-10(2)19-8-4-3-7-17-14(18)12-9-11(16)5-6-13(12)15/h5-6,9-10H,3-4,7-8H2,1-2H3,(H,17,18). The van der Waals surface area contributed by atoms with E-state index in [1.54, 1.807) is 0 Å². The Balaban J connectivity index is 2.29. The highest BCUT2D eigenvalue weighted by Crippen LogP contribution is 2.17. The molecular formula is C14H19BrFNO2. The van der Waals surface area contributed by atoms with Crippen LogP contribution in [0.2, 0.25) is 0 Å². The third kappa shape index (κ3) is 6.16. The van der Waals surface area contributed by atoms with E-state index in [2.05, 4.69) is 21.2 Å². The lowest BCUT2D eigenvalue weighted by molar-refractivity contribution is 0.0754. The van der Waals surface area contributed by atoms with Gasteiger partial charge in [0, 0.05) is 17.6 Å². The summed E-state index contributed by atoms with van der Waals surface area (Å²) in [5, 5.41) is 2.76. The van der Waals surface area contributed by atoms with Crippen molar-refractivity contribution in [1.82, 2.24) is 5.32 Å². The third-order valence-electron chi connectivity index (χ3n) is 2.48. The fourth-order valence-corrected chi connectivity index (χ4v) is 1.94. The summed E-state index contributed by atoms with van der Waals surface area (Å²) in [6.45, 7) is 5.23. The van der Waals surface area contributed by atoms with Crippen LogP contribution in [0.25, 0.3) is 0 Å². The maximum Gasteiger partial charge on any atom is 0.252 e.